The molecule has 27 heavy (non-hydrogen) atoms. The van der Waals surface area contributed by atoms with Crippen molar-refractivity contribution in [3.05, 3.63) is 52.5 Å². The van der Waals surface area contributed by atoms with Gasteiger partial charge in [-0.05, 0) is 64.3 Å². The van der Waals surface area contributed by atoms with E-state index in [2.05, 4.69) is 21.2 Å². The van der Waals surface area contributed by atoms with E-state index in [1.54, 1.807) is 45.5 Å². The fourth-order valence-electron chi connectivity index (χ4n) is 2.26. The summed E-state index contributed by atoms with van der Waals surface area (Å²) in [7, 11) is 4.97. The van der Waals surface area contributed by atoms with Crippen LogP contribution in [0.4, 0.5) is 5.69 Å². The lowest BCUT2D eigenvalue weighted by molar-refractivity contribution is -0.130. The Balaban J connectivity index is 1.81. The molecule has 0 aliphatic heterocycles. The molecule has 1 N–H and O–H groups in total. The van der Waals surface area contributed by atoms with Gasteiger partial charge in [0.05, 0.1) is 11.6 Å². The zero-order valence-electron chi connectivity index (χ0n) is 15.6. The lowest BCUT2D eigenvalue weighted by Crippen LogP contribution is -2.27. The Bertz CT molecular complexity index is 791. The van der Waals surface area contributed by atoms with Gasteiger partial charge in [0.1, 0.15) is 11.5 Å². The molecule has 0 bridgehead atoms. The van der Waals surface area contributed by atoms with Gasteiger partial charge in [-0.25, -0.2) is 0 Å². The Kier molecular flexibility index (Phi) is 7.67. The van der Waals surface area contributed by atoms with Gasteiger partial charge in [0.2, 0.25) is 5.91 Å². The van der Waals surface area contributed by atoms with Crippen LogP contribution in [0.5, 0.6) is 11.5 Å². The van der Waals surface area contributed by atoms with Crippen LogP contribution in [0.25, 0.3) is 0 Å². The van der Waals surface area contributed by atoms with Crippen molar-refractivity contribution in [2.24, 2.45) is 0 Å². The second-order valence-corrected chi connectivity index (χ2v) is 6.97. The highest BCUT2D eigenvalue weighted by molar-refractivity contribution is 9.10. The second kappa shape index (κ2) is 9.97. The van der Waals surface area contributed by atoms with Crippen LogP contribution in [0.1, 0.15) is 12.0 Å². The number of amides is 2. The molecule has 2 aromatic carbocycles. The highest BCUT2D eigenvalue weighted by Crippen LogP contribution is 2.26. The minimum absolute atomic E-state index is 0.0177. The molecule has 0 spiro atoms. The third kappa shape index (κ3) is 6.60. The van der Waals surface area contributed by atoms with Crippen LogP contribution >= 0.6 is 15.9 Å². The van der Waals surface area contributed by atoms with E-state index in [1.807, 2.05) is 18.2 Å². The molecule has 144 valence electrons. The number of ether oxygens (including phenoxy) is 2. The molecular formula is C20H23BrN2O4. The van der Waals surface area contributed by atoms with Crippen LogP contribution in [0.15, 0.2) is 46.9 Å². The van der Waals surface area contributed by atoms with Gasteiger partial charge in [0, 0.05) is 26.2 Å². The number of rotatable bonds is 8. The van der Waals surface area contributed by atoms with Gasteiger partial charge in [-0.1, -0.05) is 6.07 Å². The van der Waals surface area contributed by atoms with Crippen molar-refractivity contribution in [1.29, 1.82) is 0 Å². The molecule has 0 atom stereocenters. The highest BCUT2D eigenvalue weighted by Gasteiger charge is 2.07. The third-order valence-electron chi connectivity index (χ3n) is 3.86. The predicted octanol–water partition coefficient (Wildman–Crippen LogP) is 3.50. The van der Waals surface area contributed by atoms with Gasteiger partial charge in [0.25, 0.3) is 5.91 Å². The molecule has 0 heterocycles. The molecule has 2 rings (SSSR count). The van der Waals surface area contributed by atoms with Gasteiger partial charge in [0.15, 0.2) is 6.61 Å². The highest BCUT2D eigenvalue weighted by atomic mass is 79.9. The van der Waals surface area contributed by atoms with E-state index >= 15 is 0 Å². The van der Waals surface area contributed by atoms with Crippen molar-refractivity contribution in [3.63, 3.8) is 0 Å². The fraction of sp³-hybridized carbons (Fsp3) is 0.300. The summed E-state index contributed by atoms with van der Waals surface area (Å²) in [5.74, 6) is 1.15. The summed E-state index contributed by atoms with van der Waals surface area (Å²) in [6.45, 7) is -0.0177. The molecule has 7 heteroatoms. The van der Waals surface area contributed by atoms with Crippen molar-refractivity contribution < 1.29 is 19.1 Å². The van der Waals surface area contributed by atoms with Gasteiger partial charge >= 0.3 is 0 Å². The van der Waals surface area contributed by atoms with Gasteiger partial charge < -0.3 is 19.7 Å². The lowest BCUT2D eigenvalue weighted by atomic mass is 10.1. The first-order valence-corrected chi connectivity index (χ1v) is 9.23. The van der Waals surface area contributed by atoms with Crippen LogP contribution in [0.2, 0.25) is 0 Å². The number of methoxy groups -OCH3 is 1. The number of benzene rings is 2. The van der Waals surface area contributed by atoms with Gasteiger partial charge in [-0.3, -0.25) is 9.59 Å². The summed E-state index contributed by atoms with van der Waals surface area (Å²) in [6, 6.07) is 12.7. The van der Waals surface area contributed by atoms with E-state index < -0.39 is 0 Å². The molecule has 0 saturated heterocycles. The Labute approximate surface area is 167 Å². The van der Waals surface area contributed by atoms with Crippen molar-refractivity contribution in [2.75, 3.05) is 33.1 Å². The quantitative estimate of drug-likeness (QED) is 0.690. The summed E-state index contributed by atoms with van der Waals surface area (Å²) in [6.07, 6.45) is 0.997. The largest absolute Gasteiger partial charge is 0.496 e. The summed E-state index contributed by atoms with van der Waals surface area (Å²) >= 11 is 3.44. The van der Waals surface area contributed by atoms with E-state index in [4.69, 9.17) is 9.47 Å². The number of likely N-dealkylation sites (N-methyl/N-ethyl adjacent to an activating group) is 1. The number of nitrogens with zero attached hydrogens (tertiary/aromatic N) is 1. The zero-order chi connectivity index (χ0) is 19.8. The van der Waals surface area contributed by atoms with E-state index in [0.29, 0.717) is 24.3 Å². The molecule has 0 aromatic heterocycles. The molecule has 0 aliphatic rings. The molecule has 0 fully saturated rings. The number of hydrogen-bond acceptors (Lipinski definition) is 4. The van der Waals surface area contributed by atoms with Crippen LogP contribution < -0.4 is 14.8 Å². The number of anilines is 1. The standard InChI is InChI=1S/C20H23BrN2O4/c1-23(2)20(25)13-27-16-8-6-15(7-9-16)22-19(24)11-5-14-4-10-18(26-3)17(21)12-14/h4,6-10,12H,5,11,13H2,1-3H3,(H,22,24). The number of carbonyl (C=O) groups is 2. The first-order valence-electron chi connectivity index (χ1n) is 8.44. The van der Waals surface area contributed by atoms with Crippen molar-refractivity contribution in [1.82, 2.24) is 4.90 Å². The maximum Gasteiger partial charge on any atom is 0.259 e. The minimum atomic E-state index is -0.113. The Morgan fingerprint density at radius 3 is 2.41 bits per heavy atom. The lowest BCUT2D eigenvalue weighted by Gasteiger charge is -2.12. The van der Waals surface area contributed by atoms with Crippen molar-refractivity contribution >= 4 is 33.4 Å². The molecule has 2 amide bonds. The zero-order valence-corrected chi connectivity index (χ0v) is 17.2. The molecular weight excluding hydrogens is 412 g/mol. The van der Waals surface area contributed by atoms with Gasteiger partial charge in [-0.2, -0.15) is 0 Å². The maximum atomic E-state index is 12.1. The fourth-order valence-corrected chi connectivity index (χ4v) is 2.84. The summed E-state index contributed by atoms with van der Waals surface area (Å²) < 4.78 is 11.5. The number of hydrogen-bond donors (Lipinski definition) is 1. The first kappa shape index (κ1) is 20.8. The number of aryl methyl sites for hydroxylation is 1. The van der Waals surface area contributed by atoms with Gasteiger partial charge in [-0.15, -0.1) is 0 Å². The predicted molar refractivity (Wildman–Crippen MR) is 108 cm³/mol. The number of halogens is 1. The average Bonchev–Trinajstić information content (AvgIpc) is 2.65. The smallest absolute Gasteiger partial charge is 0.259 e. The molecule has 0 aliphatic carbocycles. The van der Waals surface area contributed by atoms with Crippen LogP contribution in [0, 0.1) is 0 Å². The third-order valence-corrected chi connectivity index (χ3v) is 4.48. The topological polar surface area (TPSA) is 67.9 Å². The maximum absolute atomic E-state index is 12.1. The molecule has 2 aromatic rings. The number of nitrogens with one attached hydrogen (secondary N) is 1. The molecule has 0 unspecified atom stereocenters. The Morgan fingerprint density at radius 1 is 1.11 bits per heavy atom. The Hall–Kier alpha value is -2.54. The van der Waals surface area contributed by atoms with Crippen molar-refractivity contribution in [2.45, 2.75) is 12.8 Å². The molecule has 6 nitrogen and oxygen atoms in total. The van der Waals surface area contributed by atoms with E-state index in [1.165, 1.54) is 4.90 Å². The summed E-state index contributed by atoms with van der Waals surface area (Å²) in [5.41, 5.74) is 1.73. The van der Waals surface area contributed by atoms with E-state index in [0.717, 1.165) is 15.8 Å². The number of carbonyl (C=O) groups excluding carboxylic acids is 2. The SMILES string of the molecule is COc1ccc(CCC(=O)Nc2ccc(OCC(=O)N(C)C)cc2)cc1Br. The van der Waals surface area contributed by atoms with Crippen LogP contribution in [-0.2, 0) is 16.0 Å². The van der Waals surface area contributed by atoms with Crippen molar-refractivity contribution in [3.8, 4) is 11.5 Å². The van der Waals surface area contributed by atoms with E-state index in [-0.39, 0.29) is 18.4 Å². The van der Waals surface area contributed by atoms with Crippen LogP contribution in [0.3, 0.4) is 0 Å². The van der Waals surface area contributed by atoms with E-state index in [9.17, 15) is 9.59 Å². The normalized spacial score (nSPS) is 10.2. The Morgan fingerprint density at radius 2 is 1.81 bits per heavy atom. The average molecular weight is 435 g/mol. The summed E-state index contributed by atoms with van der Waals surface area (Å²) in [4.78, 5) is 25.1. The molecule has 0 saturated carbocycles. The minimum Gasteiger partial charge on any atom is -0.496 e. The van der Waals surface area contributed by atoms with Crippen LogP contribution in [-0.4, -0.2) is 44.5 Å². The second-order valence-electron chi connectivity index (χ2n) is 6.12. The summed E-state index contributed by atoms with van der Waals surface area (Å²) in [5, 5.41) is 2.85. The first-order chi connectivity index (χ1) is 12.9. The monoisotopic (exact) mass is 434 g/mol. The molecule has 0 radical (unpaired) electrons.